The second-order valence-corrected chi connectivity index (χ2v) is 7.87. The molecule has 0 N–H and O–H groups in total. The van der Waals surface area contributed by atoms with E-state index >= 15 is 0 Å². The van der Waals surface area contributed by atoms with Gasteiger partial charge in [0.25, 0.3) is 0 Å². The van der Waals surface area contributed by atoms with Crippen LogP contribution in [-0.2, 0) is 17.1 Å². The number of aryl methyl sites for hydroxylation is 1. The molecule has 8 nitrogen and oxygen atoms in total. The van der Waals surface area contributed by atoms with Crippen LogP contribution in [0.4, 0.5) is 5.82 Å². The van der Waals surface area contributed by atoms with Crippen LogP contribution >= 0.6 is 0 Å². The lowest BCUT2D eigenvalue weighted by molar-refractivity contribution is 0.384. The van der Waals surface area contributed by atoms with E-state index in [-0.39, 0.29) is 0 Å². The predicted molar refractivity (Wildman–Crippen MR) is 93.7 cm³/mol. The van der Waals surface area contributed by atoms with Gasteiger partial charge in [0.05, 0.1) is 11.2 Å². The highest BCUT2D eigenvalue weighted by Crippen LogP contribution is 2.24. The predicted octanol–water partition coefficient (Wildman–Crippen LogP) is 0.874. The highest BCUT2D eigenvalue weighted by Gasteiger charge is 2.29. The molecule has 0 unspecified atom stereocenters. The number of sulfonamides is 1. The Hall–Kier alpha value is -2.52. The highest BCUT2D eigenvalue weighted by molar-refractivity contribution is 7.89. The molecule has 130 valence electrons. The second-order valence-electron chi connectivity index (χ2n) is 5.93. The first-order valence-corrected chi connectivity index (χ1v) is 9.43. The van der Waals surface area contributed by atoms with Crippen molar-refractivity contribution in [2.75, 3.05) is 31.1 Å². The Labute approximate surface area is 145 Å². The number of hydrogen-bond acceptors (Lipinski definition) is 6. The summed E-state index contributed by atoms with van der Waals surface area (Å²) in [6, 6.07) is 8.55. The lowest BCUT2D eigenvalue weighted by Gasteiger charge is -2.34. The van der Waals surface area contributed by atoms with E-state index in [1.807, 2.05) is 17.7 Å². The number of imidazole rings is 1. The number of aromatic nitrogens is 4. The third-order valence-corrected chi connectivity index (χ3v) is 6.32. The maximum absolute atomic E-state index is 12.7. The van der Waals surface area contributed by atoms with Gasteiger partial charge < -0.3 is 9.47 Å². The lowest BCUT2D eigenvalue weighted by atomic mass is 10.3. The maximum atomic E-state index is 12.7. The molecule has 2 aromatic heterocycles. The molecule has 1 aromatic carbocycles. The Bertz CT molecular complexity index is 994. The summed E-state index contributed by atoms with van der Waals surface area (Å²) in [5.41, 5.74) is 1.51. The quantitative estimate of drug-likeness (QED) is 0.691. The first-order chi connectivity index (χ1) is 12.1. The van der Waals surface area contributed by atoms with Gasteiger partial charge in [0.15, 0.2) is 11.5 Å². The van der Waals surface area contributed by atoms with Gasteiger partial charge in [-0.3, -0.25) is 0 Å². The minimum absolute atomic E-state index is 0.333. The van der Waals surface area contributed by atoms with Crippen LogP contribution in [0.15, 0.2) is 47.9 Å². The van der Waals surface area contributed by atoms with Gasteiger partial charge in [-0.1, -0.05) is 18.2 Å². The third kappa shape index (κ3) is 2.75. The van der Waals surface area contributed by atoms with Gasteiger partial charge in [-0.25, -0.2) is 23.4 Å². The van der Waals surface area contributed by atoms with Crippen molar-refractivity contribution in [1.82, 2.24) is 23.8 Å². The van der Waals surface area contributed by atoms with Crippen molar-refractivity contribution in [3.8, 4) is 0 Å². The lowest BCUT2D eigenvalue weighted by Crippen LogP contribution is -2.49. The van der Waals surface area contributed by atoms with Crippen molar-refractivity contribution in [3.63, 3.8) is 0 Å². The molecule has 1 fully saturated rings. The molecule has 3 aromatic rings. The van der Waals surface area contributed by atoms with Gasteiger partial charge in [-0.15, -0.1) is 0 Å². The fourth-order valence-corrected chi connectivity index (χ4v) is 4.53. The zero-order valence-corrected chi connectivity index (χ0v) is 14.6. The van der Waals surface area contributed by atoms with Gasteiger partial charge in [-0.2, -0.15) is 4.31 Å². The molecule has 0 amide bonds. The number of piperazine rings is 1. The summed E-state index contributed by atoms with van der Waals surface area (Å²) in [5, 5.41) is 0. The van der Waals surface area contributed by atoms with Gasteiger partial charge in [0.2, 0.25) is 10.0 Å². The molecule has 3 heterocycles. The van der Waals surface area contributed by atoms with Crippen LogP contribution in [0.1, 0.15) is 0 Å². The molecule has 0 aliphatic carbocycles. The van der Waals surface area contributed by atoms with Crippen molar-refractivity contribution >= 4 is 27.0 Å². The summed E-state index contributed by atoms with van der Waals surface area (Å²) in [5.74, 6) is 0.793. The maximum Gasteiger partial charge on any atom is 0.243 e. The molecular weight excluding hydrogens is 340 g/mol. The molecule has 0 spiro atoms. The van der Waals surface area contributed by atoms with E-state index in [9.17, 15) is 8.42 Å². The Morgan fingerprint density at radius 2 is 1.68 bits per heavy atom. The molecule has 1 aliphatic heterocycles. The molecule has 0 atom stereocenters. The first-order valence-electron chi connectivity index (χ1n) is 7.99. The van der Waals surface area contributed by atoms with Crippen molar-refractivity contribution in [3.05, 3.63) is 43.0 Å². The van der Waals surface area contributed by atoms with Crippen LogP contribution < -0.4 is 4.90 Å². The molecule has 0 bridgehead atoms. The number of nitrogens with zero attached hydrogens (tertiary/aromatic N) is 6. The molecule has 0 radical (unpaired) electrons. The summed E-state index contributed by atoms with van der Waals surface area (Å²) < 4.78 is 28.9. The van der Waals surface area contributed by atoms with E-state index in [4.69, 9.17) is 0 Å². The minimum Gasteiger partial charge on any atom is -0.352 e. The topological polar surface area (TPSA) is 84.2 Å². The highest BCUT2D eigenvalue weighted by atomic mass is 32.2. The molecule has 1 aliphatic rings. The van der Waals surface area contributed by atoms with Crippen LogP contribution in [-0.4, -0.2) is 58.4 Å². The Balaban J connectivity index is 1.56. The zero-order chi connectivity index (χ0) is 17.4. The van der Waals surface area contributed by atoms with Crippen molar-refractivity contribution < 1.29 is 8.42 Å². The van der Waals surface area contributed by atoms with E-state index in [2.05, 4.69) is 19.9 Å². The summed E-state index contributed by atoms with van der Waals surface area (Å²) in [7, 11) is -1.55. The molecule has 25 heavy (non-hydrogen) atoms. The summed E-state index contributed by atoms with van der Waals surface area (Å²) in [6.07, 6.45) is 3.21. The molecule has 4 rings (SSSR count). The average molecular weight is 358 g/mol. The van der Waals surface area contributed by atoms with E-state index < -0.39 is 10.0 Å². The van der Waals surface area contributed by atoms with E-state index in [1.54, 1.807) is 30.6 Å². The van der Waals surface area contributed by atoms with E-state index in [0.29, 0.717) is 36.7 Å². The summed E-state index contributed by atoms with van der Waals surface area (Å²) in [4.78, 5) is 15.2. The largest absolute Gasteiger partial charge is 0.352 e. The monoisotopic (exact) mass is 358 g/mol. The number of fused-ring (bicyclic) bond motifs is 1. The molecular formula is C16H18N6O2S. The Morgan fingerprint density at radius 1 is 0.960 bits per heavy atom. The second kappa shape index (κ2) is 6.08. The zero-order valence-electron chi connectivity index (χ0n) is 13.8. The van der Waals surface area contributed by atoms with Gasteiger partial charge in [0.1, 0.15) is 11.8 Å². The average Bonchev–Trinajstić information content (AvgIpc) is 3.04. The van der Waals surface area contributed by atoms with Gasteiger partial charge >= 0.3 is 0 Å². The molecule has 0 saturated carbocycles. The van der Waals surface area contributed by atoms with Crippen LogP contribution in [0.25, 0.3) is 11.2 Å². The Morgan fingerprint density at radius 3 is 2.40 bits per heavy atom. The number of hydrogen-bond donors (Lipinski definition) is 0. The first kappa shape index (κ1) is 16.0. The van der Waals surface area contributed by atoms with E-state index in [0.717, 1.165) is 11.3 Å². The van der Waals surface area contributed by atoms with Crippen molar-refractivity contribution in [1.29, 1.82) is 0 Å². The smallest absolute Gasteiger partial charge is 0.243 e. The Kier molecular flexibility index (Phi) is 3.89. The fourth-order valence-electron chi connectivity index (χ4n) is 3.08. The minimum atomic E-state index is -3.45. The summed E-state index contributed by atoms with van der Waals surface area (Å²) in [6.45, 7) is 1.98. The summed E-state index contributed by atoms with van der Waals surface area (Å²) >= 11 is 0. The van der Waals surface area contributed by atoms with Crippen LogP contribution in [0, 0.1) is 0 Å². The fraction of sp³-hybridized carbons (Fsp3) is 0.312. The van der Waals surface area contributed by atoms with Crippen molar-refractivity contribution in [2.45, 2.75) is 4.90 Å². The number of anilines is 1. The van der Waals surface area contributed by atoms with Crippen molar-refractivity contribution in [2.24, 2.45) is 7.05 Å². The van der Waals surface area contributed by atoms with E-state index in [1.165, 1.54) is 10.6 Å². The number of rotatable bonds is 3. The van der Waals surface area contributed by atoms with Gasteiger partial charge in [0, 0.05) is 33.2 Å². The van der Waals surface area contributed by atoms with Crippen LogP contribution in [0.3, 0.4) is 0 Å². The van der Waals surface area contributed by atoms with Crippen LogP contribution in [0.2, 0.25) is 0 Å². The third-order valence-electron chi connectivity index (χ3n) is 4.41. The SMILES string of the molecule is Cn1cnc2ncnc(N3CCN(S(=O)(=O)c4ccccc4)CC3)c21. The molecule has 9 heteroatoms. The molecule has 1 saturated heterocycles. The standard InChI is InChI=1S/C16H18N6O2S/c1-20-12-19-15-14(20)16(18-11-17-15)21-7-9-22(10-8-21)25(23,24)13-5-3-2-4-6-13/h2-6,11-12H,7-10H2,1H3. The normalized spacial score (nSPS) is 16.4. The van der Waals surface area contributed by atoms with Crippen LogP contribution in [0.5, 0.6) is 0 Å². The van der Waals surface area contributed by atoms with Gasteiger partial charge in [-0.05, 0) is 12.1 Å². The number of benzene rings is 1.